The molecule has 148 valence electrons. The number of likely N-dealkylation sites (N-methyl/N-ethyl adjacent to an activating group) is 1. The molecule has 0 spiro atoms. The van der Waals surface area contributed by atoms with Crippen LogP contribution in [0.2, 0.25) is 0 Å². The van der Waals surface area contributed by atoms with Gasteiger partial charge >= 0.3 is 6.18 Å². The molecule has 3 aromatic rings. The number of nitrogens with zero attached hydrogens (tertiary/aromatic N) is 3. The molecule has 0 amide bonds. The summed E-state index contributed by atoms with van der Waals surface area (Å²) in [5, 5.41) is 3.79. The smallest absolute Gasteiger partial charge is 0.416 e. The quantitative estimate of drug-likeness (QED) is 0.590. The minimum absolute atomic E-state index is 0.130. The van der Waals surface area contributed by atoms with Crippen molar-refractivity contribution < 1.29 is 22.4 Å². The van der Waals surface area contributed by atoms with Gasteiger partial charge in [0.25, 0.3) is 0 Å². The maximum Gasteiger partial charge on any atom is 0.416 e. The normalized spacial score (nSPS) is 11.8. The molecule has 0 bridgehead atoms. The number of alkyl halides is 3. The van der Waals surface area contributed by atoms with Crippen LogP contribution in [0.1, 0.15) is 17.0 Å². The van der Waals surface area contributed by atoms with Crippen LogP contribution in [0.15, 0.2) is 53.1 Å². The van der Waals surface area contributed by atoms with Crippen LogP contribution >= 0.6 is 0 Å². The Morgan fingerprint density at radius 2 is 1.86 bits per heavy atom. The number of hydrogen-bond donors (Lipinski definition) is 0. The predicted molar refractivity (Wildman–Crippen MR) is 97.7 cm³/mol. The molecule has 0 atom stereocenters. The molecule has 1 aromatic heterocycles. The van der Waals surface area contributed by atoms with Crippen molar-refractivity contribution >= 4 is 0 Å². The number of rotatable bonds is 7. The second-order valence-corrected chi connectivity index (χ2v) is 6.49. The van der Waals surface area contributed by atoms with Crippen molar-refractivity contribution in [2.45, 2.75) is 19.6 Å². The molecular formula is C20H20F3N3O2. The molecule has 8 heteroatoms. The van der Waals surface area contributed by atoms with E-state index in [1.165, 1.54) is 12.1 Å². The van der Waals surface area contributed by atoms with E-state index in [1.54, 1.807) is 0 Å². The van der Waals surface area contributed by atoms with E-state index in [0.717, 1.165) is 23.4 Å². The molecule has 5 nitrogen and oxygen atoms in total. The maximum atomic E-state index is 12.8. The van der Waals surface area contributed by atoms with E-state index < -0.39 is 11.7 Å². The molecule has 2 aromatic carbocycles. The summed E-state index contributed by atoms with van der Waals surface area (Å²) >= 11 is 0. The van der Waals surface area contributed by atoms with Crippen LogP contribution in [0.25, 0.3) is 11.4 Å². The summed E-state index contributed by atoms with van der Waals surface area (Å²) in [7, 11) is 1.87. The van der Waals surface area contributed by atoms with Crippen molar-refractivity contribution in [1.29, 1.82) is 0 Å². The molecule has 28 heavy (non-hydrogen) atoms. The zero-order valence-electron chi connectivity index (χ0n) is 15.5. The Morgan fingerprint density at radius 1 is 1.11 bits per heavy atom. The fourth-order valence-electron chi connectivity index (χ4n) is 2.53. The Morgan fingerprint density at radius 3 is 2.57 bits per heavy atom. The Hall–Kier alpha value is -2.87. The summed E-state index contributed by atoms with van der Waals surface area (Å²) in [5.41, 5.74) is 0.675. The average Bonchev–Trinajstić information content (AvgIpc) is 3.11. The molecule has 0 saturated heterocycles. The fourth-order valence-corrected chi connectivity index (χ4v) is 2.53. The van der Waals surface area contributed by atoms with Gasteiger partial charge in [0.1, 0.15) is 12.4 Å². The van der Waals surface area contributed by atoms with Crippen molar-refractivity contribution in [1.82, 2.24) is 15.0 Å². The van der Waals surface area contributed by atoms with Crippen LogP contribution in [0.5, 0.6) is 5.75 Å². The molecule has 0 unspecified atom stereocenters. The zero-order chi connectivity index (χ0) is 20.1. The number of benzene rings is 2. The van der Waals surface area contributed by atoms with Crippen LogP contribution in [-0.2, 0) is 12.7 Å². The van der Waals surface area contributed by atoms with E-state index in [2.05, 4.69) is 10.1 Å². The highest BCUT2D eigenvalue weighted by atomic mass is 19.4. The SMILES string of the molecule is Cc1ccc(OCCN(C)Cc2nc(-c3cccc(C(F)(F)F)c3)no2)cc1. The highest BCUT2D eigenvalue weighted by Gasteiger charge is 2.30. The monoisotopic (exact) mass is 391 g/mol. The number of aromatic nitrogens is 2. The summed E-state index contributed by atoms with van der Waals surface area (Å²) < 4.78 is 49.4. The van der Waals surface area contributed by atoms with Crippen LogP contribution < -0.4 is 4.74 Å². The van der Waals surface area contributed by atoms with Gasteiger partial charge in [-0.15, -0.1) is 0 Å². The lowest BCUT2D eigenvalue weighted by atomic mass is 10.1. The van der Waals surface area contributed by atoms with Gasteiger partial charge in [-0.1, -0.05) is 35.0 Å². The van der Waals surface area contributed by atoms with Crippen molar-refractivity contribution in [3.63, 3.8) is 0 Å². The first-order valence-electron chi connectivity index (χ1n) is 8.69. The van der Waals surface area contributed by atoms with E-state index in [4.69, 9.17) is 9.26 Å². The van der Waals surface area contributed by atoms with Crippen molar-refractivity contribution in [2.75, 3.05) is 20.2 Å². The van der Waals surface area contributed by atoms with E-state index >= 15 is 0 Å². The van der Waals surface area contributed by atoms with Gasteiger partial charge in [0.15, 0.2) is 0 Å². The summed E-state index contributed by atoms with van der Waals surface area (Å²) in [6, 6.07) is 12.6. The maximum absolute atomic E-state index is 12.8. The lowest BCUT2D eigenvalue weighted by Gasteiger charge is -2.14. The molecule has 0 aliphatic carbocycles. The standard InChI is InChI=1S/C20H20F3N3O2/c1-14-6-8-17(9-7-14)27-11-10-26(2)13-18-24-19(25-28-18)15-4-3-5-16(12-15)20(21,22)23/h3-9,12H,10-11,13H2,1-2H3. The third-order valence-electron chi connectivity index (χ3n) is 4.08. The molecular weight excluding hydrogens is 371 g/mol. The largest absolute Gasteiger partial charge is 0.492 e. The molecule has 0 fully saturated rings. The first-order chi connectivity index (χ1) is 13.3. The molecule has 0 saturated carbocycles. The number of ether oxygens (including phenoxy) is 1. The lowest BCUT2D eigenvalue weighted by molar-refractivity contribution is -0.137. The zero-order valence-corrected chi connectivity index (χ0v) is 15.5. The third-order valence-corrected chi connectivity index (χ3v) is 4.08. The van der Waals surface area contributed by atoms with Gasteiger partial charge in [0, 0.05) is 12.1 Å². The first kappa shape index (κ1) is 19.9. The Labute approximate surface area is 160 Å². The lowest BCUT2D eigenvalue weighted by Crippen LogP contribution is -2.24. The van der Waals surface area contributed by atoms with Gasteiger partial charge in [-0.3, -0.25) is 4.90 Å². The van der Waals surface area contributed by atoms with E-state index in [-0.39, 0.29) is 11.4 Å². The van der Waals surface area contributed by atoms with E-state index in [0.29, 0.717) is 25.6 Å². The molecule has 3 rings (SSSR count). The Balaban J connectivity index is 1.54. The molecule has 0 aliphatic heterocycles. The first-order valence-corrected chi connectivity index (χ1v) is 8.69. The van der Waals surface area contributed by atoms with Crippen molar-refractivity contribution in [3.8, 4) is 17.1 Å². The molecule has 0 aliphatic rings. The number of aryl methyl sites for hydroxylation is 1. The van der Waals surface area contributed by atoms with Gasteiger partial charge in [-0.25, -0.2) is 0 Å². The van der Waals surface area contributed by atoms with Gasteiger partial charge in [-0.05, 0) is 38.2 Å². The second-order valence-electron chi connectivity index (χ2n) is 6.49. The summed E-state index contributed by atoms with van der Waals surface area (Å²) in [5.74, 6) is 1.25. The molecule has 0 radical (unpaired) electrons. The van der Waals surface area contributed by atoms with Gasteiger partial charge in [0.05, 0.1) is 12.1 Å². The van der Waals surface area contributed by atoms with Gasteiger partial charge in [0.2, 0.25) is 11.7 Å². The summed E-state index contributed by atoms with van der Waals surface area (Å²) in [4.78, 5) is 6.12. The van der Waals surface area contributed by atoms with E-state index in [1.807, 2.05) is 43.1 Å². The van der Waals surface area contributed by atoms with Crippen molar-refractivity contribution in [3.05, 3.63) is 65.5 Å². The molecule has 0 N–H and O–H groups in total. The topological polar surface area (TPSA) is 51.4 Å². The summed E-state index contributed by atoms with van der Waals surface area (Å²) in [6.45, 7) is 3.47. The second kappa shape index (κ2) is 8.43. The average molecular weight is 391 g/mol. The minimum Gasteiger partial charge on any atom is -0.492 e. The third kappa shape index (κ3) is 5.32. The molecule has 1 heterocycles. The Kier molecular flexibility index (Phi) is 5.99. The number of halogens is 3. The Bertz CT molecular complexity index is 908. The van der Waals surface area contributed by atoms with Crippen LogP contribution in [0.3, 0.4) is 0 Å². The van der Waals surface area contributed by atoms with Crippen LogP contribution in [0, 0.1) is 6.92 Å². The van der Waals surface area contributed by atoms with Gasteiger partial charge < -0.3 is 9.26 Å². The highest BCUT2D eigenvalue weighted by molar-refractivity contribution is 5.55. The summed E-state index contributed by atoms with van der Waals surface area (Å²) in [6.07, 6.45) is -4.42. The van der Waals surface area contributed by atoms with Crippen LogP contribution in [-0.4, -0.2) is 35.2 Å². The van der Waals surface area contributed by atoms with Crippen molar-refractivity contribution in [2.24, 2.45) is 0 Å². The van der Waals surface area contributed by atoms with Gasteiger partial charge in [-0.2, -0.15) is 18.2 Å². The number of hydrogen-bond acceptors (Lipinski definition) is 5. The minimum atomic E-state index is -4.42. The van der Waals surface area contributed by atoms with Crippen LogP contribution in [0.4, 0.5) is 13.2 Å². The highest BCUT2D eigenvalue weighted by Crippen LogP contribution is 2.31. The van der Waals surface area contributed by atoms with E-state index in [9.17, 15) is 13.2 Å². The fraction of sp³-hybridized carbons (Fsp3) is 0.300. The predicted octanol–water partition coefficient (Wildman–Crippen LogP) is 4.57.